The second kappa shape index (κ2) is 4.96. The van der Waals surface area contributed by atoms with Gasteiger partial charge in [0.25, 0.3) is 0 Å². The molecule has 0 saturated carbocycles. The minimum absolute atomic E-state index is 0.546. The highest BCUT2D eigenvalue weighted by molar-refractivity contribution is 9.13. The van der Waals surface area contributed by atoms with Crippen LogP contribution in [0.1, 0.15) is 5.56 Å². The summed E-state index contributed by atoms with van der Waals surface area (Å²) in [6.45, 7) is 0. The standard InChI is InChI=1S/C9H5Br2ClO2/c10-7-4-6(12)3-5(9(7)11)1-2-8(13)14/h1-4H,(H,13,14)/b2-1+. The summed E-state index contributed by atoms with van der Waals surface area (Å²) in [4.78, 5) is 10.3. The maximum atomic E-state index is 10.3. The largest absolute Gasteiger partial charge is 0.478 e. The zero-order valence-corrected chi connectivity index (χ0v) is 10.7. The van der Waals surface area contributed by atoms with Crippen LogP contribution in [0.2, 0.25) is 5.02 Å². The van der Waals surface area contributed by atoms with Gasteiger partial charge in [-0.25, -0.2) is 4.79 Å². The maximum Gasteiger partial charge on any atom is 0.328 e. The van der Waals surface area contributed by atoms with Crippen molar-refractivity contribution in [1.29, 1.82) is 0 Å². The second-order valence-corrected chi connectivity index (χ2v) is 4.55. The number of benzene rings is 1. The Morgan fingerprint density at radius 1 is 1.43 bits per heavy atom. The van der Waals surface area contributed by atoms with E-state index in [0.717, 1.165) is 15.0 Å². The quantitative estimate of drug-likeness (QED) is 0.653. The van der Waals surface area contributed by atoms with Crippen molar-refractivity contribution in [2.45, 2.75) is 0 Å². The molecule has 0 atom stereocenters. The minimum atomic E-state index is -0.993. The third-order valence-corrected chi connectivity index (χ3v) is 3.69. The van der Waals surface area contributed by atoms with Gasteiger partial charge in [0.05, 0.1) is 0 Å². The number of carboxylic acid groups (broad SMARTS) is 1. The molecule has 1 aromatic carbocycles. The van der Waals surface area contributed by atoms with Crippen LogP contribution in [0.4, 0.5) is 0 Å². The molecule has 0 unspecified atom stereocenters. The van der Waals surface area contributed by atoms with Crippen LogP contribution in [0, 0.1) is 0 Å². The summed E-state index contributed by atoms with van der Waals surface area (Å²) in [6, 6.07) is 3.40. The average molecular weight is 340 g/mol. The Morgan fingerprint density at radius 3 is 2.64 bits per heavy atom. The first-order chi connectivity index (χ1) is 6.50. The van der Waals surface area contributed by atoms with Crippen LogP contribution in [0.5, 0.6) is 0 Å². The fourth-order valence-electron chi connectivity index (χ4n) is 0.858. The molecule has 0 spiro atoms. The van der Waals surface area contributed by atoms with Gasteiger partial charge in [0, 0.05) is 20.0 Å². The van der Waals surface area contributed by atoms with Gasteiger partial charge in [-0.15, -0.1) is 0 Å². The first-order valence-electron chi connectivity index (χ1n) is 3.56. The lowest BCUT2D eigenvalue weighted by atomic mass is 10.2. The first kappa shape index (κ1) is 11.8. The van der Waals surface area contributed by atoms with Crippen molar-refractivity contribution in [3.63, 3.8) is 0 Å². The highest BCUT2D eigenvalue weighted by Crippen LogP contribution is 2.31. The summed E-state index contributed by atoms with van der Waals surface area (Å²) in [5.41, 5.74) is 0.715. The Bertz CT molecular complexity index is 402. The molecular weight excluding hydrogens is 335 g/mol. The van der Waals surface area contributed by atoms with Gasteiger partial charge >= 0.3 is 5.97 Å². The molecule has 5 heteroatoms. The zero-order valence-electron chi connectivity index (χ0n) is 6.80. The number of carboxylic acids is 1. The highest BCUT2D eigenvalue weighted by atomic mass is 79.9. The normalized spacial score (nSPS) is 10.8. The molecule has 0 fully saturated rings. The molecular formula is C9H5Br2ClO2. The van der Waals surface area contributed by atoms with Crippen molar-refractivity contribution in [1.82, 2.24) is 0 Å². The molecule has 14 heavy (non-hydrogen) atoms. The Morgan fingerprint density at radius 2 is 2.07 bits per heavy atom. The Hall–Kier alpha value is -0.320. The molecule has 1 rings (SSSR count). The molecule has 0 saturated heterocycles. The van der Waals surface area contributed by atoms with Crippen LogP contribution < -0.4 is 0 Å². The van der Waals surface area contributed by atoms with E-state index < -0.39 is 5.97 Å². The predicted molar refractivity (Wildman–Crippen MR) is 63.5 cm³/mol. The van der Waals surface area contributed by atoms with E-state index >= 15 is 0 Å². The van der Waals surface area contributed by atoms with Gasteiger partial charge in [0.1, 0.15) is 0 Å². The summed E-state index contributed by atoms with van der Waals surface area (Å²) >= 11 is 12.4. The Balaban J connectivity index is 3.14. The van der Waals surface area contributed by atoms with Crippen LogP contribution in [0.15, 0.2) is 27.2 Å². The molecule has 0 bridgehead atoms. The lowest BCUT2D eigenvalue weighted by Crippen LogP contribution is -1.86. The van der Waals surface area contributed by atoms with E-state index in [1.807, 2.05) is 0 Å². The van der Waals surface area contributed by atoms with Gasteiger partial charge in [-0.1, -0.05) is 11.6 Å². The van der Waals surface area contributed by atoms with Crippen molar-refractivity contribution in [2.24, 2.45) is 0 Å². The van der Waals surface area contributed by atoms with Crippen LogP contribution in [-0.4, -0.2) is 11.1 Å². The summed E-state index contributed by atoms with van der Waals surface area (Å²) in [5, 5.41) is 9.00. The zero-order chi connectivity index (χ0) is 10.7. The summed E-state index contributed by atoms with van der Waals surface area (Å²) in [5.74, 6) is -0.993. The van der Waals surface area contributed by atoms with Crippen molar-refractivity contribution in [2.75, 3.05) is 0 Å². The lowest BCUT2D eigenvalue weighted by Gasteiger charge is -2.02. The van der Waals surface area contributed by atoms with E-state index in [4.69, 9.17) is 16.7 Å². The van der Waals surface area contributed by atoms with E-state index in [9.17, 15) is 4.79 Å². The van der Waals surface area contributed by atoms with Crippen LogP contribution >= 0.6 is 43.5 Å². The summed E-state index contributed by atoms with van der Waals surface area (Å²) < 4.78 is 1.56. The molecule has 0 amide bonds. The minimum Gasteiger partial charge on any atom is -0.478 e. The van der Waals surface area contributed by atoms with Gasteiger partial charge in [0.15, 0.2) is 0 Å². The van der Waals surface area contributed by atoms with E-state index in [0.29, 0.717) is 10.6 Å². The molecule has 0 aliphatic heterocycles. The molecule has 0 aromatic heterocycles. The number of hydrogen-bond acceptors (Lipinski definition) is 1. The monoisotopic (exact) mass is 338 g/mol. The van der Waals surface area contributed by atoms with Crippen molar-refractivity contribution in [3.8, 4) is 0 Å². The molecule has 0 aliphatic carbocycles. The third kappa shape index (κ3) is 3.12. The van der Waals surface area contributed by atoms with Gasteiger partial charge in [-0.3, -0.25) is 0 Å². The predicted octanol–water partition coefficient (Wildman–Crippen LogP) is 3.96. The van der Waals surface area contributed by atoms with Crippen LogP contribution in [0.25, 0.3) is 6.08 Å². The molecule has 0 radical (unpaired) electrons. The third-order valence-electron chi connectivity index (χ3n) is 1.43. The van der Waals surface area contributed by atoms with Crippen molar-refractivity contribution >= 4 is 55.5 Å². The van der Waals surface area contributed by atoms with Gasteiger partial charge < -0.3 is 5.11 Å². The van der Waals surface area contributed by atoms with Crippen LogP contribution in [-0.2, 0) is 4.79 Å². The molecule has 0 aliphatic rings. The van der Waals surface area contributed by atoms with Gasteiger partial charge in [0.2, 0.25) is 0 Å². The summed E-state index contributed by atoms with van der Waals surface area (Å²) in [6.07, 6.45) is 2.53. The van der Waals surface area contributed by atoms with Crippen molar-refractivity contribution in [3.05, 3.63) is 37.7 Å². The van der Waals surface area contributed by atoms with E-state index in [2.05, 4.69) is 31.9 Å². The molecule has 1 aromatic rings. The molecule has 74 valence electrons. The summed E-state index contributed by atoms with van der Waals surface area (Å²) in [7, 11) is 0. The lowest BCUT2D eigenvalue weighted by molar-refractivity contribution is -0.131. The van der Waals surface area contributed by atoms with Gasteiger partial charge in [-0.2, -0.15) is 0 Å². The number of aliphatic carboxylic acids is 1. The van der Waals surface area contributed by atoms with Crippen LogP contribution in [0.3, 0.4) is 0 Å². The SMILES string of the molecule is O=C(O)/C=C/c1cc(Cl)cc(Br)c1Br. The Labute approximate surface area is 103 Å². The first-order valence-corrected chi connectivity index (χ1v) is 5.52. The average Bonchev–Trinajstić information content (AvgIpc) is 2.08. The second-order valence-electron chi connectivity index (χ2n) is 2.46. The fraction of sp³-hybridized carbons (Fsp3) is 0. The van der Waals surface area contributed by atoms with E-state index in [-0.39, 0.29) is 0 Å². The van der Waals surface area contributed by atoms with E-state index in [1.54, 1.807) is 12.1 Å². The molecule has 1 N–H and O–H groups in total. The number of hydrogen-bond donors (Lipinski definition) is 1. The van der Waals surface area contributed by atoms with E-state index in [1.165, 1.54) is 6.08 Å². The Kier molecular flexibility index (Phi) is 4.16. The topological polar surface area (TPSA) is 37.3 Å². The maximum absolute atomic E-state index is 10.3. The molecule has 0 heterocycles. The van der Waals surface area contributed by atoms with Crippen molar-refractivity contribution < 1.29 is 9.90 Å². The smallest absolute Gasteiger partial charge is 0.328 e. The fourth-order valence-corrected chi connectivity index (χ4v) is 2.05. The molecule has 2 nitrogen and oxygen atoms in total. The number of carbonyl (C=O) groups is 1. The highest BCUT2D eigenvalue weighted by Gasteiger charge is 2.03. The van der Waals surface area contributed by atoms with Gasteiger partial charge in [-0.05, 0) is 55.6 Å². The number of rotatable bonds is 2. The number of halogens is 3.